The molecule has 1 heterocycles. The number of carbonyl (C=O) groups excluding carboxylic acids is 2. The summed E-state index contributed by atoms with van der Waals surface area (Å²) in [7, 11) is 0. The molecule has 0 atom stereocenters. The van der Waals surface area contributed by atoms with E-state index in [-0.39, 0.29) is 11.8 Å². The Labute approximate surface area is 192 Å². The van der Waals surface area contributed by atoms with Gasteiger partial charge in [-0.15, -0.1) is 0 Å². The van der Waals surface area contributed by atoms with Crippen LogP contribution >= 0.6 is 11.6 Å². The Balaban J connectivity index is 1.36. The van der Waals surface area contributed by atoms with Gasteiger partial charge in [0.05, 0.1) is 23.5 Å². The van der Waals surface area contributed by atoms with E-state index < -0.39 is 0 Å². The van der Waals surface area contributed by atoms with Gasteiger partial charge < -0.3 is 15.1 Å². The van der Waals surface area contributed by atoms with Gasteiger partial charge in [-0.1, -0.05) is 35.9 Å². The minimum atomic E-state index is -0.102. The fourth-order valence-electron chi connectivity index (χ4n) is 3.39. The van der Waals surface area contributed by atoms with E-state index in [1.165, 1.54) is 0 Å². The monoisotopic (exact) mass is 451 g/mol. The molecule has 0 spiro atoms. The zero-order valence-corrected chi connectivity index (χ0v) is 18.5. The predicted molar refractivity (Wildman–Crippen MR) is 124 cm³/mol. The Bertz CT molecular complexity index is 1050. The second kappa shape index (κ2) is 10.5. The first-order valence-electron chi connectivity index (χ1n) is 10.8. The van der Waals surface area contributed by atoms with E-state index in [2.05, 4.69) is 15.5 Å². The Hall–Kier alpha value is -3.09. The summed E-state index contributed by atoms with van der Waals surface area (Å²) in [5.74, 6) is 0.703. The van der Waals surface area contributed by atoms with Gasteiger partial charge in [-0.3, -0.25) is 14.5 Å². The highest BCUT2D eigenvalue weighted by atomic mass is 35.5. The molecule has 2 N–H and O–H groups in total. The van der Waals surface area contributed by atoms with Gasteiger partial charge in [-0.2, -0.15) is 0 Å². The van der Waals surface area contributed by atoms with E-state index in [1.807, 2.05) is 48.5 Å². The van der Waals surface area contributed by atoms with E-state index in [0.29, 0.717) is 48.4 Å². The van der Waals surface area contributed by atoms with Crippen LogP contribution in [0.1, 0.15) is 40.9 Å². The molecular formula is C25H26ClN3O3. The van der Waals surface area contributed by atoms with Crippen molar-refractivity contribution in [3.63, 3.8) is 0 Å². The van der Waals surface area contributed by atoms with Gasteiger partial charge in [0.25, 0.3) is 5.91 Å². The second-order valence-corrected chi connectivity index (χ2v) is 8.42. The molecule has 0 saturated heterocycles. The molecule has 0 unspecified atom stereocenters. The van der Waals surface area contributed by atoms with Crippen LogP contribution in [0.15, 0.2) is 71.3 Å². The van der Waals surface area contributed by atoms with Gasteiger partial charge >= 0.3 is 0 Å². The SMILES string of the molecule is O=C(CCN(Cc1ccc(C(=O)NC2CC2)cc1)Cc1ccco1)Nc1ccccc1Cl. The van der Waals surface area contributed by atoms with Crippen LogP contribution in [0.2, 0.25) is 5.02 Å². The van der Waals surface area contributed by atoms with Crippen LogP contribution in [0.3, 0.4) is 0 Å². The molecule has 1 aromatic heterocycles. The highest BCUT2D eigenvalue weighted by Crippen LogP contribution is 2.21. The van der Waals surface area contributed by atoms with Crippen molar-refractivity contribution in [2.45, 2.75) is 38.4 Å². The van der Waals surface area contributed by atoms with Crippen molar-refractivity contribution in [2.24, 2.45) is 0 Å². The molecule has 0 aliphatic heterocycles. The quantitative estimate of drug-likeness (QED) is 0.461. The standard InChI is InChI=1S/C25H26ClN3O3/c26-22-5-1-2-6-23(22)28-24(30)13-14-29(17-21-4-3-15-32-21)16-18-7-9-19(10-8-18)25(31)27-20-11-12-20/h1-10,15,20H,11-14,16-17H2,(H,27,31)(H,28,30). The number of hydrogen-bond donors (Lipinski definition) is 2. The van der Waals surface area contributed by atoms with E-state index in [4.69, 9.17) is 16.0 Å². The average molecular weight is 452 g/mol. The number of furan rings is 1. The molecule has 1 saturated carbocycles. The summed E-state index contributed by atoms with van der Waals surface area (Å²) in [4.78, 5) is 26.8. The van der Waals surface area contributed by atoms with Crippen LogP contribution in [0.5, 0.6) is 0 Å². The van der Waals surface area contributed by atoms with Crippen molar-refractivity contribution >= 4 is 29.1 Å². The van der Waals surface area contributed by atoms with Gasteiger partial charge in [0.1, 0.15) is 5.76 Å². The Morgan fingerprint density at radius 3 is 2.47 bits per heavy atom. The molecule has 0 radical (unpaired) electrons. The fourth-order valence-corrected chi connectivity index (χ4v) is 3.57. The molecule has 1 aliphatic rings. The highest BCUT2D eigenvalue weighted by molar-refractivity contribution is 6.33. The zero-order chi connectivity index (χ0) is 22.3. The van der Waals surface area contributed by atoms with Crippen LogP contribution in [0.4, 0.5) is 5.69 Å². The minimum Gasteiger partial charge on any atom is -0.468 e. The summed E-state index contributed by atoms with van der Waals surface area (Å²) in [6.45, 7) is 1.75. The molecule has 2 aromatic carbocycles. The lowest BCUT2D eigenvalue weighted by molar-refractivity contribution is -0.116. The number of para-hydroxylation sites is 1. The first kappa shape index (κ1) is 22.1. The summed E-state index contributed by atoms with van der Waals surface area (Å²) in [6.07, 6.45) is 4.09. The number of hydrogen-bond acceptors (Lipinski definition) is 4. The maximum atomic E-state index is 12.5. The Morgan fingerprint density at radius 2 is 1.78 bits per heavy atom. The number of nitrogens with one attached hydrogen (secondary N) is 2. The van der Waals surface area contributed by atoms with Gasteiger partial charge in [0.15, 0.2) is 0 Å². The first-order valence-corrected chi connectivity index (χ1v) is 11.1. The lowest BCUT2D eigenvalue weighted by Gasteiger charge is -2.21. The number of amides is 2. The van der Waals surface area contributed by atoms with Gasteiger partial charge in [-0.25, -0.2) is 0 Å². The van der Waals surface area contributed by atoms with Crippen molar-refractivity contribution in [3.05, 3.63) is 88.8 Å². The van der Waals surface area contributed by atoms with Crippen LogP contribution in [-0.2, 0) is 17.9 Å². The number of nitrogens with zero attached hydrogens (tertiary/aromatic N) is 1. The molecule has 7 heteroatoms. The first-order chi connectivity index (χ1) is 15.6. The van der Waals surface area contributed by atoms with E-state index in [9.17, 15) is 9.59 Å². The number of rotatable bonds is 10. The van der Waals surface area contributed by atoms with Crippen LogP contribution < -0.4 is 10.6 Å². The van der Waals surface area contributed by atoms with Gasteiger partial charge in [-0.05, 0) is 54.8 Å². The third kappa shape index (κ3) is 6.45. The number of halogens is 1. The lowest BCUT2D eigenvalue weighted by atomic mass is 10.1. The van der Waals surface area contributed by atoms with Crippen LogP contribution in [0, 0.1) is 0 Å². The normalized spacial score (nSPS) is 13.2. The van der Waals surface area contributed by atoms with E-state index >= 15 is 0 Å². The molecule has 4 rings (SSSR count). The highest BCUT2D eigenvalue weighted by Gasteiger charge is 2.23. The molecule has 166 valence electrons. The molecule has 2 amide bonds. The van der Waals surface area contributed by atoms with Crippen LogP contribution in [-0.4, -0.2) is 29.3 Å². The fraction of sp³-hybridized carbons (Fsp3) is 0.280. The smallest absolute Gasteiger partial charge is 0.251 e. The van der Waals surface area contributed by atoms with E-state index in [0.717, 1.165) is 24.2 Å². The van der Waals surface area contributed by atoms with Gasteiger partial charge in [0, 0.05) is 31.1 Å². The Morgan fingerprint density at radius 1 is 1.00 bits per heavy atom. The third-order valence-corrected chi connectivity index (χ3v) is 5.63. The maximum absolute atomic E-state index is 12.5. The summed E-state index contributed by atoms with van der Waals surface area (Å²) in [5, 5.41) is 6.38. The minimum absolute atomic E-state index is 0.0252. The summed E-state index contributed by atoms with van der Waals surface area (Å²) < 4.78 is 5.50. The summed E-state index contributed by atoms with van der Waals surface area (Å²) in [6, 6.07) is 18.9. The van der Waals surface area contributed by atoms with Crippen molar-refractivity contribution in [2.75, 3.05) is 11.9 Å². The second-order valence-electron chi connectivity index (χ2n) is 8.01. The maximum Gasteiger partial charge on any atom is 0.251 e. The Kier molecular flexibility index (Phi) is 7.24. The average Bonchev–Trinajstić information content (AvgIpc) is 3.45. The lowest BCUT2D eigenvalue weighted by Crippen LogP contribution is -2.27. The number of anilines is 1. The zero-order valence-electron chi connectivity index (χ0n) is 17.7. The topological polar surface area (TPSA) is 74.6 Å². The number of benzene rings is 2. The molecular weight excluding hydrogens is 426 g/mol. The molecule has 6 nitrogen and oxygen atoms in total. The largest absolute Gasteiger partial charge is 0.468 e. The van der Waals surface area contributed by atoms with Crippen molar-refractivity contribution in [3.8, 4) is 0 Å². The van der Waals surface area contributed by atoms with Gasteiger partial charge in [0.2, 0.25) is 5.91 Å². The van der Waals surface area contributed by atoms with Crippen molar-refractivity contribution in [1.82, 2.24) is 10.2 Å². The van der Waals surface area contributed by atoms with Crippen LogP contribution in [0.25, 0.3) is 0 Å². The molecule has 32 heavy (non-hydrogen) atoms. The third-order valence-electron chi connectivity index (χ3n) is 5.30. The van der Waals surface area contributed by atoms with Crippen molar-refractivity contribution in [1.29, 1.82) is 0 Å². The van der Waals surface area contributed by atoms with E-state index in [1.54, 1.807) is 18.4 Å². The summed E-state index contributed by atoms with van der Waals surface area (Å²) >= 11 is 6.13. The molecule has 3 aromatic rings. The molecule has 1 aliphatic carbocycles. The molecule has 1 fully saturated rings. The van der Waals surface area contributed by atoms with Crippen molar-refractivity contribution < 1.29 is 14.0 Å². The molecule has 0 bridgehead atoms. The summed E-state index contributed by atoms with van der Waals surface area (Å²) in [5.41, 5.74) is 2.33. The predicted octanol–water partition coefficient (Wildman–Crippen LogP) is 4.86. The number of carbonyl (C=O) groups is 2.